The predicted octanol–water partition coefficient (Wildman–Crippen LogP) is 2.38. The Labute approximate surface area is 103 Å². The maximum absolute atomic E-state index is 5.74. The van der Waals surface area contributed by atoms with Crippen molar-refractivity contribution in [1.82, 2.24) is 9.78 Å². The Morgan fingerprint density at radius 1 is 1.50 bits per heavy atom. The van der Waals surface area contributed by atoms with Gasteiger partial charge in [0.2, 0.25) is 0 Å². The summed E-state index contributed by atoms with van der Waals surface area (Å²) in [6, 6.07) is 5.78. The maximum Gasteiger partial charge on any atom is 0.0729 e. The Balaban J connectivity index is 2.07. The van der Waals surface area contributed by atoms with Gasteiger partial charge in [0.05, 0.1) is 11.9 Å². The van der Waals surface area contributed by atoms with E-state index in [0.717, 1.165) is 28.0 Å². The van der Waals surface area contributed by atoms with Crippen LogP contribution in [0.15, 0.2) is 35.1 Å². The van der Waals surface area contributed by atoms with E-state index in [2.05, 4.69) is 26.3 Å². The fourth-order valence-corrected chi connectivity index (χ4v) is 1.83. The third-order valence-corrected chi connectivity index (χ3v) is 3.03. The lowest BCUT2D eigenvalue weighted by atomic mass is 10.2. The fraction of sp³-hybridized carbons (Fsp3) is 0.182. The summed E-state index contributed by atoms with van der Waals surface area (Å²) in [4.78, 5) is 0. The van der Waals surface area contributed by atoms with E-state index in [-0.39, 0.29) is 0 Å². The van der Waals surface area contributed by atoms with E-state index in [9.17, 15) is 0 Å². The van der Waals surface area contributed by atoms with Crippen LogP contribution in [0.2, 0.25) is 0 Å². The number of benzene rings is 1. The van der Waals surface area contributed by atoms with E-state index >= 15 is 0 Å². The van der Waals surface area contributed by atoms with Crippen molar-refractivity contribution in [3.63, 3.8) is 0 Å². The standard InChI is InChI=1S/C11H13BrN4/c1-16-7-10(6-15-16)14-5-8-4-9(13)2-3-11(8)12/h2-4,6-7,14H,5,13H2,1H3. The molecular formula is C11H13BrN4. The van der Waals surface area contributed by atoms with Crippen molar-refractivity contribution in [1.29, 1.82) is 0 Å². The van der Waals surface area contributed by atoms with Crippen molar-refractivity contribution in [3.8, 4) is 0 Å². The average molecular weight is 281 g/mol. The summed E-state index contributed by atoms with van der Waals surface area (Å²) in [7, 11) is 1.89. The largest absolute Gasteiger partial charge is 0.399 e. The van der Waals surface area contributed by atoms with E-state index < -0.39 is 0 Å². The lowest BCUT2D eigenvalue weighted by Crippen LogP contribution is -2.00. The van der Waals surface area contributed by atoms with Gasteiger partial charge >= 0.3 is 0 Å². The highest BCUT2D eigenvalue weighted by Gasteiger charge is 2.01. The first kappa shape index (κ1) is 11.0. The topological polar surface area (TPSA) is 55.9 Å². The van der Waals surface area contributed by atoms with Crippen LogP contribution in [0.3, 0.4) is 0 Å². The second-order valence-electron chi connectivity index (χ2n) is 3.61. The molecule has 0 aliphatic carbocycles. The van der Waals surface area contributed by atoms with Crippen LogP contribution in [0.25, 0.3) is 0 Å². The van der Waals surface area contributed by atoms with Gasteiger partial charge in [-0.1, -0.05) is 15.9 Å². The number of hydrogen-bond donors (Lipinski definition) is 2. The van der Waals surface area contributed by atoms with Crippen LogP contribution in [0.4, 0.5) is 11.4 Å². The van der Waals surface area contributed by atoms with Crippen molar-refractivity contribution in [2.75, 3.05) is 11.1 Å². The van der Waals surface area contributed by atoms with Crippen LogP contribution in [-0.2, 0) is 13.6 Å². The highest BCUT2D eigenvalue weighted by Crippen LogP contribution is 2.20. The number of nitrogens with zero attached hydrogens (tertiary/aromatic N) is 2. The number of nitrogen functional groups attached to an aromatic ring is 1. The summed E-state index contributed by atoms with van der Waals surface area (Å²) >= 11 is 3.49. The molecule has 0 atom stereocenters. The third kappa shape index (κ3) is 2.55. The number of rotatable bonds is 3. The van der Waals surface area contributed by atoms with E-state index in [1.807, 2.05) is 31.4 Å². The van der Waals surface area contributed by atoms with Crippen LogP contribution in [0.1, 0.15) is 5.56 Å². The van der Waals surface area contributed by atoms with Crippen LogP contribution in [-0.4, -0.2) is 9.78 Å². The van der Waals surface area contributed by atoms with Gasteiger partial charge in [-0.3, -0.25) is 4.68 Å². The minimum atomic E-state index is 0.720. The van der Waals surface area contributed by atoms with Crippen molar-refractivity contribution < 1.29 is 0 Å². The molecule has 0 spiro atoms. The van der Waals surface area contributed by atoms with Crippen molar-refractivity contribution in [2.45, 2.75) is 6.54 Å². The molecule has 0 unspecified atom stereocenters. The maximum atomic E-state index is 5.74. The van der Waals surface area contributed by atoms with Crippen LogP contribution in [0, 0.1) is 0 Å². The molecule has 16 heavy (non-hydrogen) atoms. The quantitative estimate of drug-likeness (QED) is 0.849. The van der Waals surface area contributed by atoms with Gasteiger partial charge in [0.1, 0.15) is 0 Å². The highest BCUT2D eigenvalue weighted by molar-refractivity contribution is 9.10. The zero-order chi connectivity index (χ0) is 11.5. The van der Waals surface area contributed by atoms with Crippen LogP contribution >= 0.6 is 15.9 Å². The number of nitrogens with one attached hydrogen (secondary N) is 1. The van der Waals surface area contributed by atoms with Crippen molar-refractivity contribution in [2.24, 2.45) is 7.05 Å². The van der Waals surface area contributed by atoms with Crippen molar-refractivity contribution >= 4 is 27.3 Å². The Morgan fingerprint density at radius 2 is 2.31 bits per heavy atom. The van der Waals surface area contributed by atoms with E-state index in [4.69, 9.17) is 5.73 Å². The number of nitrogens with two attached hydrogens (primary N) is 1. The molecule has 0 aliphatic heterocycles. The Bertz CT molecular complexity index is 492. The number of hydrogen-bond acceptors (Lipinski definition) is 3. The molecule has 0 aliphatic rings. The highest BCUT2D eigenvalue weighted by atomic mass is 79.9. The number of halogens is 1. The molecule has 0 bridgehead atoms. The van der Waals surface area contributed by atoms with Crippen LogP contribution in [0.5, 0.6) is 0 Å². The first-order chi connectivity index (χ1) is 7.65. The first-order valence-corrected chi connectivity index (χ1v) is 5.71. The molecule has 2 rings (SSSR count). The fourth-order valence-electron chi connectivity index (χ4n) is 1.44. The molecule has 1 aromatic carbocycles. The normalized spacial score (nSPS) is 10.4. The Hall–Kier alpha value is -1.49. The van der Waals surface area contributed by atoms with Gasteiger partial charge in [0.25, 0.3) is 0 Å². The van der Waals surface area contributed by atoms with E-state index in [1.165, 1.54) is 0 Å². The van der Waals surface area contributed by atoms with Gasteiger partial charge in [0.15, 0.2) is 0 Å². The lowest BCUT2D eigenvalue weighted by Gasteiger charge is -2.07. The molecule has 1 aromatic heterocycles. The van der Waals surface area contributed by atoms with Crippen molar-refractivity contribution in [3.05, 3.63) is 40.6 Å². The molecule has 0 saturated heterocycles. The smallest absolute Gasteiger partial charge is 0.0729 e. The summed E-state index contributed by atoms with van der Waals surface area (Å²) in [5.74, 6) is 0. The van der Waals surface area contributed by atoms with E-state index in [1.54, 1.807) is 10.9 Å². The summed E-state index contributed by atoms with van der Waals surface area (Å²) in [6.07, 6.45) is 3.72. The summed E-state index contributed by atoms with van der Waals surface area (Å²) in [5, 5.41) is 7.37. The minimum absolute atomic E-state index is 0.720. The zero-order valence-electron chi connectivity index (χ0n) is 8.94. The summed E-state index contributed by atoms with van der Waals surface area (Å²) in [5.41, 5.74) is 8.63. The number of aryl methyl sites for hydroxylation is 1. The third-order valence-electron chi connectivity index (χ3n) is 2.26. The van der Waals surface area contributed by atoms with Gasteiger partial charge in [-0.2, -0.15) is 5.10 Å². The molecule has 0 fully saturated rings. The number of anilines is 2. The molecule has 2 aromatic rings. The second-order valence-corrected chi connectivity index (χ2v) is 4.46. The van der Waals surface area contributed by atoms with Crippen LogP contribution < -0.4 is 11.1 Å². The molecule has 5 heteroatoms. The second kappa shape index (κ2) is 4.57. The summed E-state index contributed by atoms with van der Waals surface area (Å²) < 4.78 is 2.81. The average Bonchev–Trinajstić information content (AvgIpc) is 2.66. The van der Waals surface area contributed by atoms with Gasteiger partial charge in [0, 0.05) is 29.9 Å². The monoisotopic (exact) mass is 280 g/mol. The predicted molar refractivity (Wildman–Crippen MR) is 69.1 cm³/mol. The van der Waals surface area contributed by atoms with Gasteiger partial charge in [-0.15, -0.1) is 0 Å². The Kier molecular flexibility index (Phi) is 3.14. The van der Waals surface area contributed by atoms with Gasteiger partial charge in [-0.05, 0) is 23.8 Å². The van der Waals surface area contributed by atoms with E-state index in [0.29, 0.717) is 0 Å². The lowest BCUT2D eigenvalue weighted by molar-refractivity contribution is 0.768. The summed E-state index contributed by atoms with van der Waals surface area (Å²) in [6.45, 7) is 0.720. The molecular weight excluding hydrogens is 268 g/mol. The SMILES string of the molecule is Cn1cc(NCc2cc(N)ccc2Br)cn1. The molecule has 0 radical (unpaired) electrons. The molecule has 4 nitrogen and oxygen atoms in total. The Morgan fingerprint density at radius 3 is 3.00 bits per heavy atom. The molecule has 0 saturated carbocycles. The molecule has 1 heterocycles. The van der Waals surface area contributed by atoms with Gasteiger partial charge in [-0.25, -0.2) is 0 Å². The van der Waals surface area contributed by atoms with Gasteiger partial charge < -0.3 is 11.1 Å². The minimum Gasteiger partial charge on any atom is -0.399 e. The molecule has 0 amide bonds. The number of aromatic nitrogens is 2. The molecule has 84 valence electrons. The zero-order valence-corrected chi connectivity index (χ0v) is 10.5. The molecule has 3 N–H and O–H groups in total. The first-order valence-electron chi connectivity index (χ1n) is 4.91.